The second kappa shape index (κ2) is 31.7. The quantitative estimate of drug-likeness (QED) is 0.0761. The molecule has 0 aromatic carbocycles. The fourth-order valence-electron chi connectivity index (χ4n) is 4.48. The SMILES string of the molecule is CCCCCCCCCCCCCCCSSCCCCCCCCCCCCCCC. The van der Waals surface area contributed by atoms with Crippen LogP contribution in [0.15, 0.2) is 0 Å². The van der Waals surface area contributed by atoms with Crippen LogP contribution in [-0.4, -0.2) is 11.5 Å². The third-order valence-corrected chi connectivity index (χ3v) is 9.32. The second-order valence-electron chi connectivity index (χ2n) is 10.1. The van der Waals surface area contributed by atoms with E-state index in [-0.39, 0.29) is 0 Å². The summed E-state index contributed by atoms with van der Waals surface area (Å²) in [5.74, 6) is 2.75. The number of unbranched alkanes of at least 4 members (excludes halogenated alkanes) is 24. The topological polar surface area (TPSA) is 0 Å². The van der Waals surface area contributed by atoms with Gasteiger partial charge < -0.3 is 0 Å². The van der Waals surface area contributed by atoms with Gasteiger partial charge in [0.15, 0.2) is 0 Å². The molecule has 0 N–H and O–H groups in total. The molecule has 0 aliphatic heterocycles. The van der Waals surface area contributed by atoms with Crippen LogP contribution in [0.5, 0.6) is 0 Å². The predicted octanol–water partition coefficient (Wildman–Crippen LogP) is 12.6. The first-order valence-electron chi connectivity index (χ1n) is 15.2. The number of hydrogen-bond donors (Lipinski definition) is 0. The molecule has 0 spiro atoms. The van der Waals surface area contributed by atoms with Crippen molar-refractivity contribution in [2.75, 3.05) is 11.5 Å². The second-order valence-corrected chi connectivity index (χ2v) is 12.8. The molecule has 0 atom stereocenters. The summed E-state index contributed by atoms with van der Waals surface area (Å²) in [7, 11) is 4.27. The third kappa shape index (κ3) is 30.7. The van der Waals surface area contributed by atoms with Gasteiger partial charge in [-0.1, -0.05) is 190 Å². The Kier molecular flexibility index (Phi) is 32.4. The summed E-state index contributed by atoms with van der Waals surface area (Å²) in [4.78, 5) is 0. The van der Waals surface area contributed by atoms with E-state index in [1.165, 1.54) is 178 Å². The lowest BCUT2D eigenvalue weighted by Crippen LogP contribution is -1.85. The zero-order chi connectivity index (χ0) is 23.2. The Bertz CT molecular complexity index is 275. The van der Waals surface area contributed by atoms with Gasteiger partial charge in [-0.05, 0) is 12.8 Å². The van der Waals surface area contributed by atoms with E-state index in [2.05, 4.69) is 35.4 Å². The van der Waals surface area contributed by atoms with Crippen molar-refractivity contribution >= 4 is 21.6 Å². The van der Waals surface area contributed by atoms with Crippen molar-refractivity contribution in [1.29, 1.82) is 0 Å². The van der Waals surface area contributed by atoms with Gasteiger partial charge in [-0.3, -0.25) is 0 Å². The van der Waals surface area contributed by atoms with Crippen molar-refractivity contribution in [2.45, 2.75) is 181 Å². The Hall–Kier alpha value is 0.700. The van der Waals surface area contributed by atoms with Crippen molar-refractivity contribution in [3.8, 4) is 0 Å². The van der Waals surface area contributed by atoms with E-state index in [0.717, 1.165) is 0 Å². The summed E-state index contributed by atoms with van der Waals surface area (Å²) in [5, 5.41) is 0. The standard InChI is InChI=1S/C30H62S2/c1-3-5-7-9-11-13-15-17-19-21-23-25-27-29-31-32-30-28-26-24-22-20-18-16-14-12-10-8-6-4-2/h3-30H2,1-2H3. The predicted molar refractivity (Wildman–Crippen MR) is 156 cm³/mol. The molecular formula is C30H62S2. The van der Waals surface area contributed by atoms with Crippen LogP contribution in [0.1, 0.15) is 181 Å². The van der Waals surface area contributed by atoms with E-state index >= 15 is 0 Å². The van der Waals surface area contributed by atoms with E-state index in [4.69, 9.17) is 0 Å². The Balaban J connectivity index is 2.98. The first-order chi connectivity index (χ1) is 15.9. The largest absolute Gasteiger partial charge is 0.0942 e. The highest BCUT2D eigenvalue weighted by Gasteiger charge is 1.97. The maximum absolute atomic E-state index is 2.30. The monoisotopic (exact) mass is 486 g/mol. The molecule has 2 heteroatoms. The van der Waals surface area contributed by atoms with Crippen molar-refractivity contribution in [3.63, 3.8) is 0 Å². The van der Waals surface area contributed by atoms with Crippen molar-refractivity contribution < 1.29 is 0 Å². The molecule has 0 heterocycles. The van der Waals surface area contributed by atoms with Gasteiger partial charge >= 0.3 is 0 Å². The molecule has 0 aromatic rings. The van der Waals surface area contributed by atoms with Gasteiger partial charge in [-0.2, -0.15) is 0 Å². The minimum Gasteiger partial charge on any atom is -0.0942 e. The Morgan fingerprint density at radius 1 is 0.250 bits per heavy atom. The normalized spacial score (nSPS) is 11.4. The zero-order valence-corrected chi connectivity index (χ0v) is 24.2. The minimum absolute atomic E-state index is 1.37. The van der Waals surface area contributed by atoms with Crippen LogP contribution in [0.3, 0.4) is 0 Å². The van der Waals surface area contributed by atoms with Crippen LogP contribution >= 0.6 is 21.6 Å². The lowest BCUT2D eigenvalue weighted by Gasteiger charge is -2.04. The fourth-order valence-corrected chi connectivity index (χ4v) is 6.77. The van der Waals surface area contributed by atoms with Crippen molar-refractivity contribution in [1.82, 2.24) is 0 Å². The molecule has 0 saturated carbocycles. The van der Waals surface area contributed by atoms with E-state index in [0.29, 0.717) is 0 Å². The van der Waals surface area contributed by atoms with E-state index in [1.807, 2.05) is 0 Å². The molecule has 0 radical (unpaired) electrons. The van der Waals surface area contributed by atoms with Crippen molar-refractivity contribution in [2.24, 2.45) is 0 Å². The molecular weight excluding hydrogens is 424 g/mol. The van der Waals surface area contributed by atoms with E-state index in [1.54, 1.807) is 0 Å². The van der Waals surface area contributed by atoms with Crippen LogP contribution in [0, 0.1) is 0 Å². The highest BCUT2D eigenvalue weighted by Crippen LogP contribution is 2.25. The average Bonchev–Trinajstić information content (AvgIpc) is 2.81. The summed E-state index contributed by atoms with van der Waals surface area (Å²) in [6, 6.07) is 0. The van der Waals surface area contributed by atoms with Crippen molar-refractivity contribution in [3.05, 3.63) is 0 Å². The van der Waals surface area contributed by atoms with Gasteiger partial charge in [-0.25, -0.2) is 0 Å². The lowest BCUT2D eigenvalue weighted by atomic mass is 10.1. The molecule has 0 saturated heterocycles. The van der Waals surface area contributed by atoms with Gasteiger partial charge in [0.25, 0.3) is 0 Å². The Labute approximate surface area is 213 Å². The molecule has 0 rings (SSSR count). The molecule has 0 unspecified atom stereocenters. The van der Waals surface area contributed by atoms with E-state index < -0.39 is 0 Å². The van der Waals surface area contributed by atoms with Crippen LogP contribution in [0.25, 0.3) is 0 Å². The molecule has 0 fully saturated rings. The van der Waals surface area contributed by atoms with Crippen LogP contribution in [0.4, 0.5) is 0 Å². The molecule has 0 aromatic heterocycles. The molecule has 32 heavy (non-hydrogen) atoms. The van der Waals surface area contributed by atoms with Gasteiger partial charge in [0.2, 0.25) is 0 Å². The highest BCUT2D eigenvalue weighted by atomic mass is 33.1. The maximum atomic E-state index is 2.30. The first kappa shape index (κ1) is 32.7. The smallest absolute Gasteiger partial charge is 0.00369 e. The van der Waals surface area contributed by atoms with Crippen LogP contribution in [-0.2, 0) is 0 Å². The summed E-state index contributed by atoms with van der Waals surface area (Å²) >= 11 is 0. The lowest BCUT2D eigenvalue weighted by molar-refractivity contribution is 0.543. The Morgan fingerprint density at radius 2 is 0.438 bits per heavy atom. The van der Waals surface area contributed by atoms with E-state index in [9.17, 15) is 0 Å². The molecule has 0 aliphatic rings. The Morgan fingerprint density at radius 3 is 0.656 bits per heavy atom. The molecule has 0 amide bonds. The molecule has 194 valence electrons. The maximum Gasteiger partial charge on any atom is 0.00369 e. The summed E-state index contributed by atoms with van der Waals surface area (Å²) in [6.07, 6.45) is 38.0. The molecule has 0 aliphatic carbocycles. The zero-order valence-electron chi connectivity index (χ0n) is 22.6. The highest BCUT2D eigenvalue weighted by molar-refractivity contribution is 8.76. The summed E-state index contributed by atoms with van der Waals surface area (Å²) < 4.78 is 0. The summed E-state index contributed by atoms with van der Waals surface area (Å²) in [6.45, 7) is 4.61. The minimum atomic E-state index is 1.37. The van der Waals surface area contributed by atoms with Gasteiger partial charge in [0, 0.05) is 11.5 Å². The number of rotatable bonds is 29. The van der Waals surface area contributed by atoms with Crippen LogP contribution < -0.4 is 0 Å². The van der Waals surface area contributed by atoms with Gasteiger partial charge in [0.1, 0.15) is 0 Å². The van der Waals surface area contributed by atoms with Gasteiger partial charge in [0.05, 0.1) is 0 Å². The third-order valence-electron chi connectivity index (χ3n) is 6.75. The van der Waals surface area contributed by atoms with Gasteiger partial charge in [-0.15, -0.1) is 0 Å². The first-order valence-corrected chi connectivity index (χ1v) is 17.6. The molecule has 0 nitrogen and oxygen atoms in total. The number of hydrogen-bond acceptors (Lipinski definition) is 2. The van der Waals surface area contributed by atoms with Crippen LogP contribution in [0.2, 0.25) is 0 Å². The fraction of sp³-hybridized carbons (Fsp3) is 1.00. The average molecular weight is 487 g/mol. The molecule has 0 bridgehead atoms. The summed E-state index contributed by atoms with van der Waals surface area (Å²) in [5.41, 5.74) is 0.